The Hall–Kier alpha value is -0.710. The van der Waals surface area contributed by atoms with Gasteiger partial charge in [-0.05, 0) is 44.1 Å². The number of piperazine rings is 1. The first-order chi connectivity index (χ1) is 8.97. The number of carbonyl (C=O) groups is 2. The second kappa shape index (κ2) is 7.78. The van der Waals surface area contributed by atoms with Crippen LogP contribution in [0, 0.1) is 5.92 Å². The lowest BCUT2D eigenvalue weighted by Crippen LogP contribution is -2.62. The Kier molecular flexibility index (Phi) is 6.69. The minimum atomic E-state index is -0.329. The Morgan fingerprint density at radius 3 is 2.58 bits per heavy atom. The molecular formula is C14H26N2O2S. The zero-order valence-corrected chi connectivity index (χ0v) is 13.3. The number of hydrogen-bond donors (Lipinski definition) is 1. The Morgan fingerprint density at radius 1 is 1.32 bits per heavy atom. The monoisotopic (exact) mass is 286 g/mol. The first-order valence-corrected chi connectivity index (χ1v) is 8.46. The van der Waals surface area contributed by atoms with Gasteiger partial charge >= 0.3 is 0 Å². The van der Waals surface area contributed by atoms with E-state index in [1.165, 1.54) is 0 Å². The summed E-state index contributed by atoms with van der Waals surface area (Å²) < 4.78 is 0. The van der Waals surface area contributed by atoms with Gasteiger partial charge in [0.1, 0.15) is 12.1 Å². The van der Waals surface area contributed by atoms with Crippen LogP contribution in [0.3, 0.4) is 0 Å². The summed E-state index contributed by atoms with van der Waals surface area (Å²) in [6.07, 6.45) is 4.87. The third-order valence-corrected chi connectivity index (χ3v) is 4.15. The molecule has 1 N–H and O–H groups in total. The van der Waals surface area contributed by atoms with Crippen LogP contribution in [0.25, 0.3) is 0 Å². The van der Waals surface area contributed by atoms with Crippen LogP contribution in [0.15, 0.2) is 0 Å². The molecule has 0 aromatic carbocycles. The molecule has 0 bridgehead atoms. The minimum absolute atomic E-state index is 0.0184. The number of unbranched alkanes of at least 4 members (excludes halogenated alkanes) is 1. The van der Waals surface area contributed by atoms with Crippen molar-refractivity contribution in [2.75, 3.05) is 18.6 Å². The van der Waals surface area contributed by atoms with Gasteiger partial charge < -0.3 is 10.2 Å². The van der Waals surface area contributed by atoms with Crippen LogP contribution in [-0.2, 0) is 9.59 Å². The zero-order chi connectivity index (χ0) is 14.4. The van der Waals surface area contributed by atoms with Crippen LogP contribution >= 0.6 is 11.8 Å². The van der Waals surface area contributed by atoms with Gasteiger partial charge in [0.2, 0.25) is 11.8 Å². The van der Waals surface area contributed by atoms with Crippen LogP contribution in [0.1, 0.15) is 40.0 Å². The summed E-state index contributed by atoms with van der Waals surface area (Å²) in [6, 6.07) is -0.658. The third-order valence-electron chi connectivity index (χ3n) is 3.45. The summed E-state index contributed by atoms with van der Waals surface area (Å²) in [7, 11) is 0. The van der Waals surface area contributed by atoms with Gasteiger partial charge in [0.25, 0.3) is 0 Å². The summed E-state index contributed by atoms with van der Waals surface area (Å²) in [5, 5.41) is 2.84. The lowest BCUT2D eigenvalue weighted by molar-refractivity contribution is -0.149. The number of thioether (sulfide) groups is 1. The van der Waals surface area contributed by atoms with E-state index >= 15 is 0 Å². The quantitative estimate of drug-likeness (QED) is 0.727. The molecule has 0 radical (unpaired) electrons. The fourth-order valence-corrected chi connectivity index (χ4v) is 2.84. The smallest absolute Gasteiger partial charge is 0.245 e. The largest absolute Gasteiger partial charge is 0.343 e. The standard InChI is InChI=1S/C14H26N2O2S/c1-10(2)9-12-14(18)16(7-5-6-8-19-4)11(3)13(17)15-12/h10-12H,5-9H2,1-4H3,(H,15,17). The van der Waals surface area contributed by atoms with Crippen LogP contribution < -0.4 is 5.32 Å². The molecule has 0 aromatic heterocycles. The molecule has 2 amide bonds. The van der Waals surface area contributed by atoms with Gasteiger partial charge in [0.05, 0.1) is 0 Å². The van der Waals surface area contributed by atoms with Gasteiger partial charge in [-0.1, -0.05) is 13.8 Å². The van der Waals surface area contributed by atoms with Crippen molar-refractivity contribution in [2.24, 2.45) is 5.92 Å². The van der Waals surface area contributed by atoms with E-state index in [1.54, 1.807) is 4.90 Å². The Labute approximate surface area is 120 Å². The molecule has 0 aliphatic carbocycles. The molecule has 1 rings (SSSR count). The molecule has 1 fully saturated rings. The summed E-state index contributed by atoms with van der Waals surface area (Å²) >= 11 is 1.82. The molecule has 1 saturated heterocycles. The first-order valence-electron chi connectivity index (χ1n) is 7.07. The molecule has 110 valence electrons. The van der Waals surface area contributed by atoms with E-state index in [4.69, 9.17) is 0 Å². The van der Waals surface area contributed by atoms with Crippen molar-refractivity contribution in [3.8, 4) is 0 Å². The van der Waals surface area contributed by atoms with E-state index in [-0.39, 0.29) is 23.9 Å². The minimum Gasteiger partial charge on any atom is -0.343 e. The summed E-state index contributed by atoms with van der Waals surface area (Å²) in [5.74, 6) is 1.58. The zero-order valence-electron chi connectivity index (χ0n) is 12.4. The highest BCUT2D eigenvalue weighted by atomic mass is 32.2. The average molecular weight is 286 g/mol. The van der Waals surface area contributed by atoms with Crippen LogP contribution in [0.5, 0.6) is 0 Å². The van der Waals surface area contributed by atoms with E-state index in [1.807, 2.05) is 18.7 Å². The SMILES string of the molecule is CSCCCCN1C(=O)C(CC(C)C)NC(=O)C1C. The fourth-order valence-electron chi connectivity index (χ4n) is 2.35. The average Bonchev–Trinajstić information content (AvgIpc) is 2.34. The molecule has 1 aliphatic heterocycles. The van der Waals surface area contributed by atoms with Gasteiger partial charge in [0.15, 0.2) is 0 Å². The number of amides is 2. The van der Waals surface area contributed by atoms with E-state index < -0.39 is 0 Å². The van der Waals surface area contributed by atoms with Crippen molar-refractivity contribution >= 4 is 23.6 Å². The summed E-state index contributed by atoms with van der Waals surface area (Å²) in [4.78, 5) is 26.1. The molecular weight excluding hydrogens is 260 g/mol. The van der Waals surface area contributed by atoms with Crippen molar-refractivity contribution in [1.82, 2.24) is 10.2 Å². The molecule has 1 aliphatic rings. The maximum Gasteiger partial charge on any atom is 0.245 e. The van der Waals surface area contributed by atoms with Gasteiger partial charge in [-0.25, -0.2) is 0 Å². The molecule has 2 atom stereocenters. The lowest BCUT2D eigenvalue weighted by Gasteiger charge is -2.38. The van der Waals surface area contributed by atoms with Crippen molar-refractivity contribution in [2.45, 2.75) is 52.1 Å². The molecule has 5 heteroatoms. The normalized spacial score (nSPS) is 23.9. The predicted octanol–water partition coefficient (Wildman–Crippen LogP) is 1.89. The molecule has 1 heterocycles. The van der Waals surface area contributed by atoms with E-state index in [0.717, 1.165) is 25.0 Å². The number of nitrogens with one attached hydrogen (secondary N) is 1. The van der Waals surface area contributed by atoms with Crippen LogP contribution in [0.4, 0.5) is 0 Å². The third kappa shape index (κ3) is 4.71. The van der Waals surface area contributed by atoms with Crippen LogP contribution in [0.2, 0.25) is 0 Å². The highest BCUT2D eigenvalue weighted by molar-refractivity contribution is 7.98. The van der Waals surface area contributed by atoms with Crippen molar-refractivity contribution in [3.05, 3.63) is 0 Å². The van der Waals surface area contributed by atoms with Crippen molar-refractivity contribution in [3.63, 3.8) is 0 Å². The second-order valence-corrected chi connectivity index (χ2v) is 6.58. The number of rotatable bonds is 7. The Bertz CT molecular complexity index is 321. The van der Waals surface area contributed by atoms with Gasteiger partial charge in [-0.2, -0.15) is 11.8 Å². The van der Waals surface area contributed by atoms with Crippen molar-refractivity contribution in [1.29, 1.82) is 0 Å². The number of hydrogen-bond acceptors (Lipinski definition) is 3. The number of carbonyl (C=O) groups excluding carboxylic acids is 2. The second-order valence-electron chi connectivity index (χ2n) is 5.60. The maximum atomic E-state index is 12.4. The Morgan fingerprint density at radius 2 is 2.00 bits per heavy atom. The van der Waals surface area contributed by atoms with Gasteiger partial charge in [-0.3, -0.25) is 9.59 Å². The van der Waals surface area contributed by atoms with E-state index in [0.29, 0.717) is 12.5 Å². The molecule has 4 nitrogen and oxygen atoms in total. The molecule has 2 unspecified atom stereocenters. The highest BCUT2D eigenvalue weighted by Gasteiger charge is 2.37. The van der Waals surface area contributed by atoms with Gasteiger partial charge in [0, 0.05) is 6.54 Å². The lowest BCUT2D eigenvalue weighted by atomic mass is 9.99. The molecule has 19 heavy (non-hydrogen) atoms. The first kappa shape index (κ1) is 16.3. The molecule has 0 spiro atoms. The maximum absolute atomic E-state index is 12.4. The van der Waals surface area contributed by atoms with Crippen molar-refractivity contribution < 1.29 is 9.59 Å². The molecule has 0 saturated carbocycles. The van der Waals surface area contributed by atoms with E-state index in [2.05, 4.69) is 25.4 Å². The predicted molar refractivity (Wildman–Crippen MR) is 80.2 cm³/mol. The van der Waals surface area contributed by atoms with Gasteiger partial charge in [-0.15, -0.1) is 0 Å². The number of nitrogens with zero attached hydrogens (tertiary/aromatic N) is 1. The summed E-state index contributed by atoms with van der Waals surface area (Å²) in [6.45, 7) is 6.65. The Balaban J connectivity index is 2.59. The summed E-state index contributed by atoms with van der Waals surface area (Å²) in [5.41, 5.74) is 0. The van der Waals surface area contributed by atoms with E-state index in [9.17, 15) is 9.59 Å². The van der Waals surface area contributed by atoms with Crippen LogP contribution in [-0.4, -0.2) is 47.4 Å². The highest BCUT2D eigenvalue weighted by Crippen LogP contribution is 2.16. The fraction of sp³-hybridized carbons (Fsp3) is 0.857. The topological polar surface area (TPSA) is 49.4 Å². The molecule has 0 aromatic rings.